The Labute approximate surface area is 199 Å². The van der Waals surface area contributed by atoms with Gasteiger partial charge >= 0.3 is 0 Å². The van der Waals surface area contributed by atoms with Gasteiger partial charge in [0.05, 0.1) is 15.1 Å². The average molecular weight is 487 g/mol. The fraction of sp³-hybridized carbons (Fsp3) is 0.417. The molecule has 2 heterocycles. The molecule has 33 heavy (non-hydrogen) atoms. The Balaban J connectivity index is 1.43. The van der Waals surface area contributed by atoms with E-state index in [-0.39, 0.29) is 16.8 Å². The molecule has 1 saturated heterocycles. The highest BCUT2D eigenvalue weighted by molar-refractivity contribution is 7.89. The van der Waals surface area contributed by atoms with E-state index in [1.54, 1.807) is 30.5 Å². The van der Waals surface area contributed by atoms with Gasteiger partial charge in [0.25, 0.3) is 5.91 Å². The van der Waals surface area contributed by atoms with Crippen LogP contribution >= 0.6 is 11.3 Å². The zero-order chi connectivity index (χ0) is 23.9. The zero-order valence-electron chi connectivity index (χ0n) is 19.7. The number of carbonyl (C=O) groups excluding carboxylic acids is 1. The molecule has 0 unspecified atom stereocenters. The number of anilines is 1. The number of piperazine rings is 1. The fourth-order valence-corrected chi connectivity index (χ4v) is 6.29. The number of hydrogen-bond donors (Lipinski definition) is 0. The summed E-state index contributed by atoms with van der Waals surface area (Å²) in [6, 6.07) is 10.4. The second-order valence-electron chi connectivity index (χ2n) is 8.77. The molecule has 1 aliphatic rings. The van der Waals surface area contributed by atoms with Crippen LogP contribution in [0.2, 0.25) is 0 Å². The Kier molecular flexibility index (Phi) is 6.48. The minimum Gasteiger partial charge on any atom is -0.345 e. The first-order valence-electron chi connectivity index (χ1n) is 11.1. The molecule has 1 amide bonds. The molecule has 1 fully saturated rings. The number of fused-ring (bicyclic) bond motifs is 1. The molecule has 4 rings (SSSR count). The number of amides is 1. The van der Waals surface area contributed by atoms with Crippen LogP contribution in [0.5, 0.6) is 0 Å². The summed E-state index contributed by atoms with van der Waals surface area (Å²) in [4.78, 5) is 22.1. The van der Waals surface area contributed by atoms with Gasteiger partial charge in [-0.2, -0.15) is 4.31 Å². The summed E-state index contributed by atoms with van der Waals surface area (Å²) in [6.45, 7) is 10.5. The number of thiazole rings is 1. The third-order valence-corrected chi connectivity index (χ3v) is 9.55. The van der Waals surface area contributed by atoms with Crippen LogP contribution in [0.15, 0.2) is 41.3 Å². The van der Waals surface area contributed by atoms with Crippen LogP contribution in [-0.4, -0.2) is 67.8 Å². The van der Waals surface area contributed by atoms with Crippen molar-refractivity contribution in [2.24, 2.45) is 0 Å². The van der Waals surface area contributed by atoms with E-state index >= 15 is 0 Å². The summed E-state index contributed by atoms with van der Waals surface area (Å²) in [6.07, 6.45) is 0. The Morgan fingerprint density at radius 2 is 1.67 bits per heavy atom. The van der Waals surface area contributed by atoms with E-state index in [9.17, 15) is 13.2 Å². The van der Waals surface area contributed by atoms with Gasteiger partial charge in [-0.25, -0.2) is 13.4 Å². The van der Waals surface area contributed by atoms with E-state index in [0.717, 1.165) is 23.7 Å². The van der Waals surface area contributed by atoms with Crippen molar-refractivity contribution in [2.45, 2.75) is 38.6 Å². The quantitative estimate of drug-likeness (QED) is 0.547. The number of rotatable bonds is 5. The van der Waals surface area contributed by atoms with Crippen LogP contribution in [-0.2, 0) is 10.0 Å². The summed E-state index contributed by atoms with van der Waals surface area (Å²) in [5, 5.41) is 0.995. The topological polar surface area (TPSA) is 73.8 Å². The first kappa shape index (κ1) is 23.7. The first-order valence-corrected chi connectivity index (χ1v) is 13.3. The SMILES string of the molecule is Cc1ccc2sc(N3CCN(C(=O)c4ccc(S(=O)(=O)N(C)C(C)C)cc4)CC3)nc2c1C. The third-order valence-electron chi connectivity index (χ3n) is 6.42. The zero-order valence-corrected chi connectivity index (χ0v) is 21.3. The Morgan fingerprint density at radius 1 is 1.03 bits per heavy atom. The van der Waals surface area contributed by atoms with Gasteiger partial charge in [0.15, 0.2) is 5.13 Å². The largest absolute Gasteiger partial charge is 0.345 e. The number of nitrogens with zero attached hydrogens (tertiary/aromatic N) is 4. The maximum atomic E-state index is 13.0. The lowest BCUT2D eigenvalue weighted by Gasteiger charge is -2.34. The lowest BCUT2D eigenvalue weighted by Crippen LogP contribution is -2.48. The molecular weight excluding hydrogens is 456 g/mol. The van der Waals surface area contributed by atoms with Gasteiger partial charge in [-0.3, -0.25) is 4.79 Å². The Hall–Kier alpha value is -2.49. The van der Waals surface area contributed by atoms with Gasteiger partial charge in [0.1, 0.15) is 0 Å². The maximum absolute atomic E-state index is 13.0. The maximum Gasteiger partial charge on any atom is 0.253 e. The second kappa shape index (κ2) is 9.04. The van der Waals surface area contributed by atoms with Crippen molar-refractivity contribution in [1.82, 2.24) is 14.2 Å². The molecule has 176 valence electrons. The molecule has 0 spiro atoms. The van der Waals surface area contributed by atoms with Crippen LogP contribution in [0.3, 0.4) is 0 Å². The van der Waals surface area contributed by atoms with Crippen molar-refractivity contribution < 1.29 is 13.2 Å². The van der Waals surface area contributed by atoms with Crippen molar-refractivity contribution in [3.8, 4) is 0 Å². The van der Waals surface area contributed by atoms with Gasteiger partial charge in [-0.15, -0.1) is 0 Å². The smallest absolute Gasteiger partial charge is 0.253 e. The summed E-state index contributed by atoms with van der Waals surface area (Å²) in [5.74, 6) is -0.0772. The number of carbonyl (C=O) groups is 1. The van der Waals surface area contributed by atoms with E-state index in [1.165, 1.54) is 32.3 Å². The third kappa shape index (κ3) is 4.49. The molecule has 0 N–H and O–H groups in total. The summed E-state index contributed by atoms with van der Waals surface area (Å²) in [5.41, 5.74) is 4.02. The number of benzene rings is 2. The van der Waals surface area contributed by atoms with Gasteiger partial charge < -0.3 is 9.80 Å². The monoisotopic (exact) mass is 486 g/mol. The molecule has 0 atom stereocenters. The standard InChI is InChI=1S/C24H30N4O3S2/c1-16(2)26(5)33(30,31)20-9-7-19(8-10-20)23(29)27-12-14-28(15-13-27)24-25-22-18(4)17(3)6-11-21(22)32-24/h6-11,16H,12-15H2,1-5H3. The van der Waals surface area contributed by atoms with Crippen molar-refractivity contribution >= 4 is 42.6 Å². The predicted molar refractivity (Wildman–Crippen MR) is 134 cm³/mol. The highest BCUT2D eigenvalue weighted by Gasteiger charge is 2.26. The van der Waals surface area contributed by atoms with Crippen molar-refractivity contribution in [1.29, 1.82) is 0 Å². The highest BCUT2D eigenvalue weighted by Crippen LogP contribution is 2.32. The molecule has 7 nitrogen and oxygen atoms in total. The van der Waals surface area contributed by atoms with Crippen LogP contribution in [0.25, 0.3) is 10.2 Å². The molecule has 9 heteroatoms. The minimum absolute atomic E-state index is 0.0772. The fourth-order valence-electron chi connectivity index (χ4n) is 3.85. The van der Waals surface area contributed by atoms with Crippen LogP contribution < -0.4 is 4.90 Å². The predicted octanol–water partition coefficient (Wildman–Crippen LogP) is 3.90. The van der Waals surface area contributed by atoms with E-state index in [1.807, 2.05) is 18.7 Å². The highest BCUT2D eigenvalue weighted by atomic mass is 32.2. The summed E-state index contributed by atoms with van der Waals surface area (Å²) < 4.78 is 27.8. The van der Waals surface area contributed by atoms with Crippen LogP contribution in [0.4, 0.5) is 5.13 Å². The molecule has 0 bridgehead atoms. The molecule has 1 aromatic heterocycles. The Morgan fingerprint density at radius 3 is 2.27 bits per heavy atom. The van der Waals surface area contributed by atoms with Gasteiger partial charge in [-0.05, 0) is 69.2 Å². The van der Waals surface area contributed by atoms with Gasteiger partial charge in [0, 0.05) is 44.8 Å². The summed E-state index contributed by atoms with van der Waals surface area (Å²) >= 11 is 1.69. The Bertz CT molecular complexity index is 1280. The van der Waals surface area contributed by atoms with Crippen molar-refractivity contribution in [3.63, 3.8) is 0 Å². The van der Waals surface area contributed by atoms with Crippen LogP contribution in [0.1, 0.15) is 35.3 Å². The summed E-state index contributed by atoms with van der Waals surface area (Å²) in [7, 11) is -2.00. The average Bonchev–Trinajstić information content (AvgIpc) is 3.26. The number of hydrogen-bond acceptors (Lipinski definition) is 6. The minimum atomic E-state index is -3.56. The normalized spacial score (nSPS) is 15.1. The lowest BCUT2D eigenvalue weighted by atomic mass is 10.1. The number of sulfonamides is 1. The number of aryl methyl sites for hydroxylation is 2. The van der Waals surface area contributed by atoms with Crippen LogP contribution in [0, 0.1) is 13.8 Å². The van der Waals surface area contributed by atoms with E-state index in [4.69, 9.17) is 4.98 Å². The molecule has 1 aliphatic heterocycles. The first-order chi connectivity index (χ1) is 15.6. The van der Waals surface area contributed by atoms with E-state index < -0.39 is 10.0 Å². The van der Waals surface area contributed by atoms with E-state index in [2.05, 4.69) is 30.9 Å². The molecule has 2 aromatic carbocycles. The van der Waals surface area contributed by atoms with Gasteiger partial charge in [-0.1, -0.05) is 17.4 Å². The molecule has 3 aromatic rings. The molecular formula is C24H30N4O3S2. The van der Waals surface area contributed by atoms with E-state index in [0.29, 0.717) is 18.7 Å². The lowest BCUT2D eigenvalue weighted by molar-refractivity contribution is 0.0746. The van der Waals surface area contributed by atoms with Crippen molar-refractivity contribution in [2.75, 3.05) is 38.1 Å². The number of aromatic nitrogens is 1. The second-order valence-corrected chi connectivity index (χ2v) is 11.8. The van der Waals surface area contributed by atoms with Crippen molar-refractivity contribution in [3.05, 3.63) is 53.1 Å². The molecule has 0 aliphatic carbocycles. The van der Waals surface area contributed by atoms with Gasteiger partial charge in [0.2, 0.25) is 10.0 Å². The molecule has 0 radical (unpaired) electrons. The molecule has 0 saturated carbocycles.